The van der Waals surface area contributed by atoms with E-state index in [1.807, 2.05) is 52.0 Å². The third kappa shape index (κ3) is 6.59. The van der Waals surface area contributed by atoms with Gasteiger partial charge in [0.25, 0.3) is 0 Å². The summed E-state index contributed by atoms with van der Waals surface area (Å²) in [6, 6.07) is 17.0. The molecule has 0 spiro atoms. The minimum atomic E-state index is -0.864. The summed E-state index contributed by atoms with van der Waals surface area (Å²) in [5, 5.41) is 11.0. The van der Waals surface area contributed by atoms with Gasteiger partial charge in [0, 0.05) is 24.3 Å². The van der Waals surface area contributed by atoms with Gasteiger partial charge in [0.2, 0.25) is 0 Å². The maximum atomic E-state index is 12.1. The third-order valence-electron chi connectivity index (χ3n) is 6.27. The number of ether oxygens (including phenoxy) is 3. The molecule has 1 aromatic heterocycles. The summed E-state index contributed by atoms with van der Waals surface area (Å²) < 4.78 is 15.7. The molecule has 1 heterocycles. The van der Waals surface area contributed by atoms with Crippen molar-refractivity contribution < 1.29 is 24.1 Å². The zero-order valence-electron chi connectivity index (χ0n) is 23.1. The van der Waals surface area contributed by atoms with E-state index in [-0.39, 0.29) is 12.4 Å². The highest BCUT2D eigenvalue weighted by Crippen LogP contribution is 2.34. The fourth-order valence-corrected chi connectivity index (χ4v) is 4.24. The number of aromatic hydroxyl groups is 1. The molecule has 3 aromatic carbocycles. The predicted octanol–water partition coefficient (Wildman–Crippen LogP) is 5.77. The van der Waals surface area contributed by atoms with Crippen LogP contribution in [0.25, 0.3) is 34.2 Å². The molecule has 8 heteroatoms. The Kier molecular flexibility index (Phi) is 8.56. The number of phenolic OH excluding ortho intramolecular Hbond substituents is 1. The van der Waals surface area contributed by atoms with E-state index in [2.05, 4.69) is 12.1 Å². The Labute approximate surface area is 228 Å². The Bertz CT molecular complexity index is 1430. The van der Waals surface area contributed by atoms with Crippen LogP contribution < -0.4 is 4.74 Å². The lowest BCUT2D eigenvalue weighted by Gasteiger charge is -2.15. The van der Waals surface area contributed by atoms with Gasteiger partial charge in [0.1, 0.15) is 18.1 Å². The quantitative estimate of drug-likeness (QED) is 0.216. The highest BCUT2D eigenvalue weighted by molar-refractivity contribution is 5.75. The molecular formula is C31H33N3O5. The number of rotatable bonds is 9. The fourth-order valence-electron chi connectivity index (χ4n) is 4.24. The molecular weight excluding hydrogens is 494 g/mol. The van der Waals surface area contributed by atoms with Gasteiger partial charge >= 0.3 is 5.97 Å². The number of hydrogen-bond donors (Lipinski definition) is 1. The minimum Gasteiger partial charge on any atom is -0.507 e. The molecule has 0 radical (unpaired) electrons. The fraction of sp³-hybridized carbons (Fsp3) is 0.290. The molecule has 0 saturated heterocycles. The third-order valence-corrected chi connectivity index (χ3v) is 6.27. The Morgan fingerprint density at radius 1 is 0.769 bits per heavy atom. The average molecular weight is 528 g/mol. The first-order valence-corrected chi connectivity index (χ1v) is 12.7. The van der Waals surface area contributed by atoms with E-state index < -0.39 is 12.1 Å². The summed E-state index contributed by atoms with van der Waals surface area (Å²) in [5.41, 5.74) is 6.55. The summed E-state index contributed by atoms with van der Waals surface area (Å²) in [6.07, 6.45) is -0.864. The zero-order chi connectivity index (χ0) is 28.1. The normalized spacial score (nSPS) is 11.7. The van der Waals surface area contributed by atoms with Crippen molar-refractivity contribution in [2.45, 2.75) is 40.7 Å². The van der Waals surface area contributed by atoms with Crippen LogP contribution in [0, 0.1) is 27.7 Å². The van der Waals surface area contributed by atoms with E-state index in [9.17, 15) is 9.90 Å². The Hall–Kier alpha value is -4.30. The number of benzene rings is 3. The van der Waals surface area contributed by atoms with Gasteiger partial charge in [-0.25, -0.2) is 19.7 Å². The second-order valence-electron chi connectivity index (χ2n) is 9.54. The monoisotopic (exact) mass is 527 g/mol. The number of aromatic nitrogens is 3. The lowest BCUT2D eigenvalue weighted by molar-refractivity contribution is -0.152. The molecule has 0 amide bonds. The molecule has 1 atom stereocenters. The highest BCUT2D eigenvalue weighted by atomic mass is 16.6. The average Bonchev–Trinajstić information content (AvgIpc) is 2.88. The molecule has 0 bridgehead atoms. The molecule has 0 saturated carbocycles. The first-order valence-electron chi connectivity index (χ1n) is 12.7. The molecule has 0 fully saturated rings. The van der Waals surface area contributed by atoms with E-state index in [1.165, 1.54) is 13.2 Å². The summed E-state index contributed by atoms with van der Waals surface area (Å²) in [4.78, 5) is 26.5. The number of methoxy groups -OCH3 is 1. The number of phenols is 1. The van der Waals surface area contributed by atoms with Gasteiger partial charge in [0.05, 0.1) is 12.2 Å². The van der Waals surface area contributed by atoms with Crippen molar-refractivity contribution in [2.24, 2.45) is 0 Å². The molecule has 0 aliphatic heterocycles. The summed E-state index contributed by atoms with van der Waals surface area (Å²) in [7, 11) is 1.53. The topological polar surface area (TPSA) is 104 Å². The van der Waals surface area contributed by atoms with Gasteiger partial charge < -0.3 is 19.3 Å². The van der Waals surface area contributed by atoms with E-state index in [0.29, 0.717) is 35.4 Å². The molecule has 1 N–H and O–H groups in total. The van der Waals surface area contributed by atoms with E-state index in [1.54, 1.807) is 19.1 Å². The van der Waals surface area contributed by atoms with Gasteiger partial charge in [-0.05, 0) is 57.9 Å². The van der Waals surface area contributed by atoms with E-state index in [0.717, 1.165) is 33.4 Å². The van der Waals surface area contributed by atoms with Crippen molar-refractivity contribution in [2.75, 3.05) is 20.3 Å². The molecule has 39 heavy (non-hydrogen) atoms. The first-order chi connectivity index (χ1) is 18.7. The number of carbonyl (C=O) groups excluding carboxylic acids is 1. The molecule has 0 aliphatic carbocycles. The molecule has 202 valence electrons. The van der Waals surface area contributed by atoms with Crippen LogP contribution in [0.4, 0.5) is 0 Å². The van der Waals surface area contributed by atoms with Gasteiger partial charge in [-0.3, -0.25) is 0 Å². The lowest BCUT2D eigenvalue weighted by Crippen LogP contribution is -2.27. The van der Waals surface area contributed by atoms with Crippen molar-refractivity contribution in [3.8, 4) is 45.7 Å². The summed E-state index contributed by atoms with van der Waals surface area (Å²) >= 11 is 0. The van der Waals surface area contributed by atoms with E-state index >= 15 is 0 Å². The summed E-state index contributed by atoms with van der Waals surface area (Å²) in [6.45, 7) is 10.1. The van der Waals surface area contributed by atoms with Crippen molar-refractivity contribution in [1.82, 2.24) is 15.0 Å². The molecule has 4 rings (SSSR count). The second-order valence-corrected chi connectivity index (χ2v) is 9.54. The van der Waals surface area contributed by atoms with Crippen LogP contribution in [0.3, 0.4) is 0 Å². The predicted molar refractivity (Wildman–Crippen MR) is 150 cm³/mol. The number of carbonyl (C=O) groups is 1. The van der Waals surface area contributed by atoms with Gasteiger partial charge in [-0.15, -0.1) is 0 Å². The number of hydrogen-bond acceptors (Lipinski definition) is 8. The maximum Gasteiger partial charge on any atom is 0.347 e. The van der Waals surface area contributed by atoms with Gasteiger partial charge in [-0.1, -0.05) is 47.5 Å². The van der Waals surface area contributed by atoms with Crippen molar-refractivity contribution >= 4 is 5.97 Å². The largest absolute Gasteiger partial charge is 0.507 e. The smallest absolute Gasteiger partial charge is 0.347 e. The number of aryl methyl sites for hydroxylation is 4. The molecule has 0 aliphatic rings. The molecule has 8 nitrogen and oxygen atoms in total. The lowest BCUT2D eigenvalue weighted by atomic mass is 10.0. The van der Waals surface area contributed by atoms with Gasteiger partial charge in [-0.2, -0.15) is 0 Å². The van der Waals surface area contributed by atoms with Crippen molar-refractivity contribution in [3.05, 3.63) is 76.9 Å². The highest BCUT2D eigenvalue weighted by Gasteiger charge is 2.20. The van der Waals surface area contributed by atoms with Crippen LogP contribution in [0.15, 0.2) is 54.6 Å². The summed E-state index contributed by atoms with van der Waals surface area (Å²) in [5.74, 6) is 1.05. The standard InChI is InChI=1S/C31H33N3O5/c1-18-7-10-24(20(3)15-18)28-32-29(25-11-8-19(2)16-21(25)4)34-30(33-28)26-12-9-23(17-27(26)35)39-22(5)31(36)38-14-13-37-6/h7-12,15-17,22,35H,13-14H2,1-6H3. The first kappa shape index (κ1) is 27.7. The zero-order valence-corrected chi connectivity index (χ0v) is 23.1. The Morgan fingerprint density at radius 3 is 1.77 bits per heavy atom. The second kappa shape index (κ2) is 12.0. The van der Waals surface area contributed by atoms with Crippen molar-refractivity contribution in [1.29, 1.82) is 0 Å². The van der Waals surface area contributed by atoms with Crippen LogP contribution in [0.5, 0.6) is 11.5 Å². The van der Waals surface area contributed by atoms with Gasteiger partial charge in [0.15, 0.2) is 23.6 Å². The maximum absolute atomic E-state index is 12.1. The SMILES string of the molecule is COCCOC(=O)C(C)Oc1ccc(-c2nc(-c3ccc(C)cc3C)nc(-c3ccc(C)cc3C)n2)c(O)c1. The molecule has 4 aromatic rings. The van der Waals surface area contributed by atoms with Crippen molar-refractivity contribution in [3.63, 3.8) is 0 Å². The minimum absolute atomic E-state index is 0.0863. The van der Waals surface area contributed by atoms with Crippen LogP contribution in [-0.2, 0) is 14.3 Å². The van der Waals surface area contributed by atoms with Crippen LogP contribution >= 0.6 is 0 Å². The molecule has 1 unspecified atom stereocenters. The number of esters is 1. The van der Waals surface area contributed by atoms with Crippen LogP contribution in [0.1, 0.15) is 29.2 Å². The Balaban J connectivity index is 1.73. The Morgan fingerprint density at radius 2 is 1.28 bits per heavy atom. The van der Waals surface area contributed by atoms with Crippen LogP contribution in [-0.4, -0.2) is 52.5 Å². The number of nitrogens with zero attached hydrogens (tertiary/aromatic N) is 3. The van der Waals surface area contributed by atoms with E-state index in [4.69, 9.17) is 29.2 Å². The van der Waals surface area contributed by atoms with Crippen LogP contribution in [0.2, 0.25) is 0 Å².